The van der Waals surface area contributed by atoms with Crippen LogP contribution in [0.4, 0.5) is 5.00 Å². The average Bonchev–Trinajstić information content (AvgIpc) is 2.97. The quantitative estimate of drug-likeness (QED) is 0.590. The van der Waals surface area contributed by atoms with E-state index in [2.05, 4.69) is 9.47 Å². The van der Waals surface area contributed by atoms with Gasteiger partial charge >= 0.3 is 17.9 Å². The maximum Gasteiger partial charge on any atom is 0.348 e. The molecule has 0 aliphatic rings. The van der Waals surface area contributed by atoms with E-state index in [-0.39, 0.29) is 34.0 Å². The predicted molar refractivity (Wildman–Crippen MR) is 96.4 cm³/mol. The highest BCUT2D eigenvalue weighted by molar-refractivity contribution is 7.18. The Bertz CT molecular complexity index is 831. The molecule has 7 nitrogen and oxygen atoms in total. The van der Waals surface area contributed by atoms with Crippen LogP contribution in [0, 0.1) is 0 Å². The highest BCUT2D eigenvalue weighted by Gasteiger charge is 2.28. The van der Waals surface area contributed by atoms with Crippen LogP contribution in [-0.2, 0) is 32.0 Å². The molecule has 138 valence electrons. The monoisotopic (exact) mass is 397 g/mol. The third-order valence-electron chi connectivity index (χ3n) is 3.43. The minimum absolute atomic E-state index is 0.00260. The molecule has 0 spiro atoms. The molecule has 0 atom stereocenters. The number of methoxy groups -OCH3 is 2. The molecular formula is C17H16ClNO6S. The number of hydrogen-bond acceptors (Lipinski definition) is 8. The maximum atomic E-state index is 12.1. The van der Waals surface area contributed by atoms with E-state index < -0.39 is 17.9 Å². The molecule has 0 aliphatic carbocycles. The van der Waals surface area contributed by atoms with Crippen LogP contribution in [0.5, 0.6) is 0 Å². The molecule has 0 bridgehead atoms. The number of anilines is 1. The van der Waals surface area contributed by atoms with E-state index in [1.54, 1.807) is 24.3 Å². The molecule has 2 rings (SSSR count). The van der Waals surface area contributed by atoms with Crippen molar-refractivity contribution < 1.29 is 28.6 Å². The molecule has 0 saturated carbocycles. The van der Waals surface area contributed by atoms with Crippen molar-refractivity contribution in [2.45, 2.75) is 13.0 Å². The third-order valence-corrected chi connectivity index (χ3v) is 4.73. The van der Waals surface area contributed by atoms with Crippen LogP contribution in [-0.4, -0.2) is 32.1 Å². The molecule has 9 heteroatoms. The van der Waals surface area contributed by atoms with Crippen LogP contribution in [0.2, 0.25) is 5.02 Å². The molecule has 0 radical (unpaired) electrons. The lowest BCUT2D eigenvalue weighted by atomic mass is 10.1. The van der Waals surface area contributed by atoms with Crippen molar-refractivity contribution in [2.24, 2.45) is 0 Å². The van der Waals surface area contributed by atoms with E-state index >= 15 is 0 Å². The number of thiophene rings is 1. The summed E-state index contributed by atoms with van der Waals surface area (Å²) >= 11 is 6.67. The predicted octanol–water partition coefficient (Wildman–Crippen LogP) is 2.84. The topological polar surface area (TPSA) is 105 Å². The Morgan fingerprint density at radius 2 is 1.69 bits per heavy atom. The van der Waals surface area contributed by atoms with Crippen molar-refractivity contribution in [1.29, 1.82) is 0 Å². The second-order valence-corrected chi connectivity index (χ2v) is 6.58. The molecule has 0 saturated heterocycles. The summed E-state index contributed by atoms with van der Waals surface area (Å²) in [4.78, 5) is 36.0. The van der Waals surface area contributed by atoms with Crippen molar-refractivity contribution in [1.82, 2.24) is 0 Å². The number of ether oxygens (including phenoxy) is 3. The Labute approximate surface area is 158 Å². The van der Waals surface area contributed by atoms with Gasteiger partial charge in [-0.3, -0.25) is 4.79 Å². The van der Waals surface area contributed by atoms with Gasteiger partial charge in [0.05, 0.1) is 20.6 Å². The summed E-state index contributed by atoms with van der Waals surface area (Å²) in [5.41, 5.74) is 6.69. The second kappa shape index (κ2) is 8.68. The Morgan fingerprint density at radius 3 is 2.27 bits per heavy atom. The lowest BCUT2D eigenvalue weighted by molar-refractivity contribution is -0.144. The van der Waals surface area contributed by atoms with Crippen molar-refractivity contribution in [2.75, 3.05) is 20.0 Å². The number of nitrogens with two attached hydrogens (primary N) is 1. The molecule has 2 aromatic rings. The number of halogens is 1. The average molecular weight is 398 g/mol. The summed E-state index contributed by atoms with van der Waals surface area (Å²) in [6, 6.07) is 6.72. The summed E-state index contributed by atoms with van der Waals surface area (Å²) in [7, 11) is 2.39. The van der Waals surface area contributed by atoms with Crippen molar-refractivity contribution >= 4 is 45.8 Å². The normalized spacial score (nSPS) is 10.3. The first-order valence-corrected chi connectivity index (χ1v) is 8.54. The van der Waals surface area contributed by atoms with E-state index in [4.69, 9.17) is 22.1 Å². The number of carbonyl (C=O) groups is 3. The number of nitrogen functional groups attached to an aromatic ring is 1. The largest absolute Gasteiger partial charge is 0.465 e. The molecule has 2 N–H and O–H groups in total. The van der Waals surface area contributed by atoms with Crippen LogP contribution in [0.25, 0.3) is 0 Å². The van der Waals surface area contributed by atoms with Crippen molar-refractivity contribution in [3.63, 3.8) is 0 Å². The van der Waals surface area contributed by atoms with Crippen LogP contribution in [0.3, 0.4) is 0 Å². The number of esters is 3. The molecule has 1 aromatic carbocycles. The van der Waals surface area contributed by atoms with Gasteiger partial charge in [0.25, 0.3) is 0 Å². The lowest BCUT2D eigenvalue weighted by Crippen LogP contribution is -2.13. The molecule has 0 aliphatic heterocycles. The van der Waals surface area contributed by atoms with Gasteiger partial charge in [-0.15, -0.1) is 11.3 Å². The first-order valence-electron chi connectivity index (χ1n) is 7.35. The van der Waals surface area contributed by atoms with Gasteiger partial charge < -0.3 is 19.9 Å². The van der Waals surface area contributed by atoms with Gasteiger partial charge in [0, 0.05) is 10.6 Å². The summed E-state index contributed by atoms with van der Waals surface area (Å²) in [6.07, 6.45) is 0.0118. The summed E-state index contributed by atoms with van der Waals surface area (Å²) in [5, 5.41) is 0.641. The Hall–Kier alpha value is -2.58. The highest BCUT2D eigenvalue weighted by atomic mass is 35.5. The van der Waals surface area contributed by atoms with E-state index in [1.807, 2.05) is 0 Å². The van der Waals surface area contributed by atoms with E-state index in [1.165, 1.54) is 14.2 Å². The van der Waals surface area contributed by atoms with Gasteiger partial charge in [0.1, 0.15) is 22.0 Å². The molecule has 0 amide bonds. The lowest BCUT2D eigenvalue weighted by Gasteiger charge is -2.08. The fourth-order valence-electron chi connectivity index (χ4n) is 2.18. The van der Waals surface area contributed by atoms with Gasteiger partial charge in [-0.25, -0.2) is 9.59 Å². The first kappa shape index (κ1) is 19.7. The van der Waals surface area contributed by atoms with Crippen LogP contribution in [0.15, 0.2) is 24.3 Å². The molecule has 26 heavy (non-hydrogen) atoms. The number of rotatable bonds is 6. The minimum Gasteiger partial charge on any atom is -0.465 e. The van der Waals surface area contributed by atoms with Crippen molar-refractivity contribution in [3.8, 4) is 0 Å². The Morgan fingerprint density at radius 1 is 1.08 bits per heavy atom. The highest BCUT2D eigenvalue weighted by Crippen LogP contribution is 2.33. The van der Waals surface area contributed by atoms with Crippen LogP contribution in [0.1, 0.15) is 31.2 Å². The first-order chi connectivity index (χ1) is 12.4. The SMILES string of the molecule is COC(=O)c1sc(N)c(C(=O)OC)c1COC(=O)Cc1ccc(Cl)cc1. The number of hydrogen-bond donors (Lipinski definition) is 1. The van der Waals surface area contributed by atoms with E-state index in [0.29, 0.717) is 10.6 Å². The number of benzene rings is 1. The molecule has 1 aromatic heterocycles. The van der Waals surface area contributed by atoms with Gasteiger partial charge in [-0.2, -0.15) is 0 Å². The van der Waals surface area contributed by atoms with E-state index in [0.717, 1.165) is 11.3 Å². The second-order valence-electron chi connectivity index (χ2n) is 5.10. The summed E-state index contributed by atoms with van der Waals surface area (Å²) in [6.45, 7) is -0.311. The zero-order valence-electron chi connectivity index (χ0n) is 14.0. The Balaban J connectivity index is 2.18. The molecule has 0 unspecified atom stereocenters. The van der Waals surface area contributed by atoms with Gasteiger partial charge in [-0.05, 0) is 17.7 Å². The third kappa shape index (κ3) is 4.53. The zero-order valence-corrected chi connectivity index (χ0v) is 15.6. The van der Waals surface area contributed by atoms with E-state index in [9.17, 15) is 14.4 Å². The molecule has 0 fully saturated rings. The smallest absolute Gasteiger partial charge is 0.348 e. The summed E-state index contributed by atoms with van der Waals surface area (Å²) < 4.78 is 14.6. The van der Waals surface area contributed by atoms with Gasteiger partial charge in [0.15, 0.2) is 0 Å². The van der Waals surface area contributed by atoms with Gasteiger partial charge in [-0.1, -0.05) is 23.7 Å². The fourth-order valence-corrected chi connectivity index (χ4v) is 3.28. The zero-order chi connectivity index (χ0) is 19.3. The van der Waals surface area contributed by atoms with Crippen LogP contribution < -0.4 is 5.73 Å². The number of carbonyl (C=O) groups excluding carboxylic acids is 3. The standard InChI is InChI=1S/C17H16ClNO6S/c1-23-16(21)13-11(14(17(22)24-2)26-15(13)19)8-25-12(20)7-9-3-5-10(18)6-4-9/h3-6H,7-8,19H2,1-2H3. The Kier molecular flexibility index (Phi) is 6.59. The van der Waals surface area contributed by atoms with Crippen LogP contribution >= 0.6 is 22.9 Å². The van der Waals surface area contributed by atoms with Crippen molar-refractivity contribution in [3.05, 3.63) is 50.9 Å². The molecular weight excluding hydrogens is 382 g/mol. The minimum atomic E-state index is -0.724. The van der Waals surface area contributed by atoms with Gasteiger partial charge in [0.2, 0.25) is 0 Å². The fraction of sp³-hybridized carbons (Fsp3) is 0.235. The summed E-state index contributed by atoms with van der Waals surface area (Å²) in [5.74, 6) is -1.94. The maximum absolute atomic E-state index is 12.1. The molecule has 1 heterocycles.